The highest BCUT2D eigenvalue weighted by atomic mass is 16.5. The highest BCUT2D eigenvalue weighted by Crippen LogP contribution is 2.34. The molecule has 5 nitrogen and oxygen atoms in total. The molecule has 0 aliphatic rings. The van der Waals surface area contributed by atoms with Crippen LogP contribution in [0.2, 0.25) is 0 Å². The minimum absolute atomic E-state index is 0.212. The summed E-state index contributed by atoms with van der Waals surface area (Å²) < 4.78 is 11.5. The SMILES string of the molecule is COc1ccc(OCc2ccccc2)c(-c2ccc(C(=O)O)c(CCc3ccccc3)n2)c1. The Morgan fingerprint density at radius 3 is 2.21 bits per heavy atom. The van der Waals surface area contributed by atoms with Gasteiger partial charge in [0.1, 0.15) is 18.1 Å². The number of rotatable bonds is 9. The first-order chi connectivity index (χ1) is 16.1. The zero-order chi connectivity index (χ0) is 23.0. The zero-order valence-corrected chi connectivity index (χ0v) is 18.4. The van der Waals surface area contributed by atoms with Gasteiger partial charge in [0.05, 0.1) is 24.1 Å². The molecule has 0 bridgehead atoms. The van der Waals surface area contributed by atoms with Crippen molar-refractivity contribution in [3.05, 3.63) is 113 Å². The average Bonchev–Trinajstić information content (AvgIpc) is 2.87. The van der Waals surface area contributed by atoms with E-state index in [0.717, 1.165) is 16.7 Å². The average molecular weight is 440 g/mol. The van der Waals surface area contributed by atoms with E-state index >= 15 is 0 Å². The second-order valence-corrected chi connectivity index (χ2v) is 7.62. The highest BCUT2D eigenvalue weighted by molar-refractivity contribution is 5.89. The summed E-state index contributed by atoms with van der Waals surface area (Å²) in [5.74, 6) is 0.347. The van der Waals surface area contributed by atoms with Crippen LogP contribution in [-0.4, -0.2) is 23.2 Å². The van der Waals surface area contributed by atoms with Crippen LogP contribution in [0.15, 0.2) is 91.0 Å². The Balaban J connectivity index is 1.67. The summed E-state index contributed by atoms with van der Waals surface area (Å²) in [4.78, 5) is 16.6. The number of nitrogens with zero attached hydrogens (tertiary/aromatic N) is 1. The van der Waals surface area contributed by atoms with Gasteiger partial charge in [0.25, 0.3) is 0 Å². The van der Waals surface area contributed by atoms with Gasteiger partial charge in [0.2, 0.25) is 0 Å². The molecule has 0 amide bonds. The van der Waals surface area contributed by atoms with Crippen LogP contribution in [0, 0.1) is 0 Å². The summed E-state index contributed by atoms with van der Waals surface area (Å²) in [6, 6.07) is 28.8. The Morgan fingerprint density at radius 2 is 1.55 bits per heavy atom. The molecule has 166 valence electrons. The molecule has 0 fully saturated rings. The molecule has 0 radical (unpaired) electrons. The van der Waals surface area contributed by atoms with Crippen molar-refractivity contribution in [2.75, 3.05) is 7.11 Å². The van der Waals surface area contributed by atoms with Gasteiger partial charge in [-0.05, 0) is 54.3 Å². The maximum Gasteiger partial charge on any atom is 0.337 e. The summed E-state index contributed by atoms with van der Waals surface area (Å²) in [6.07, 6.45) is 1.22. The zero-order valence-electron chi connectivity index (χ0n) is 18.4. The van der Waals surface area contributed by atoms with Gasteiger partial charge in [-0.15, -0.1) is 0 Å². The van der Waals surface area contributed by atoms with Crippen molar-refractivity contribution >= 4 is 5.97 Å². The molecular weight excluding hydrogens is 414 g/mol. The van der Waals surface area contributed by atoms with E-state index in [0.29, 0.717) is 42.3 Å². The predicted molar refractivity (Wildman–Crippen MR) is 128 cm³/mol. The fourth-order valence-electron chi connectivity index (χ4n) is 3.64. The summed E-state index contributed by atoms with van der Waals surface area (Å²) in [5, 5.41) is 9.69. The molecule has 4 rings (SSSR count). The first-order valence-electron chi connectivity index (χ1n) is 10.8. The molecule has 0 saturated heterocycles. The molecule has 0 spiro atoms. The van der Waals surface area contributed by atoms with Crippen LogP contribution in [0.25, 0.3) is 11.3 Å². The van der Waals surface area contributed by atoms with E-state index in [1.54, 1.807) is 19.2 Å². The van der Waals surface area contributed by atoms with Crippen molar-refractivity contribution in [2.45, 2.75) is 19.4 Å². The standard InChI is InChI=1S/C28H25NO4/c1-32-22-13-17-27(33-19-21-10-6-3-7-11-21)24(18-22)26-16-14-23(28(30)31)25(29-26)15-12-20-8-4-2-5-9-20/h2-11,13-14,16-18H,12,15,19H2,1H3,(H,30,31). The molecular formula is C28H25NO4. The maximum atomic E-state index is 11.8. The van der Waals surface area contributed by atoms with E-state index in [1.807, 2.05) is 78.9 Å². The highest BCUT2D eigenvalue weighted by Gasteiger charge is 2.16. The fraction of sp³-hybridized carbons (Fsp3) is 0.143. The van der Waals surface area contributed by atoms with E-state index in [2.05, 4.69) is 0 Å². The number of carboxylic acids is 1. The van der Waals surface area contributed by atoms with Gasteiger partial charge in [0, 0.05) is 5.56 Å². The molecule has 0 aliphatic carbocycles. The third kappa shape index (κ3) is 5.57. The molecule has 5 heteroatoms. The Morgan fingerprint density at radius 1 is 0.848 bits per heavy atom. The van der Waals surface area contributed by atoms with Crippen LogP contribution in [-0.2, 0) is 19.4 Å². The lowest BCUT2D eigenvalue weighted by atomic mass is 10.0. The Labute approximate surface area is 193 Å². The van der Waals surface area contributed by atoms with Gasteiger partial charge < -0.3 is 14.6 Å². The number of pyridine rings is 1. The van der Waals surface area contributed by atoms with Crippen LogP contribution in [0.4, 0.5) is 0 Å². The lowest BCUT2D eigenvalue weighted by Crippen LogP contribution is -2.07. The lowest BCUT2D eigenvalue weighted by Gasteiger charge is -2.14. The minimum atomic E-state index is -0.983. The Hall–Kier alpha value is -4.12. The number of hydrogen-bond donors (Lipinski definition) is 1. The van der Waals surface area contributed by atoms with Crippen molar-refractivity contribution in [1.29, 1.82) is 0 Å². The normalized spacial score (nSPS) is 10.6. The van der Waals surface area contributed by atoms with Gasteiger partial charge in [0.15, 0.2) is 0 Å². The second-order valence-electron chi connectivity index (χ2n) is 7.62. The van der Waals surface area contributed by atoms with E-state index < -0.39 is 5.97 Å². The first kappa shape index (κ1) is 22.1. The van der Waals surface area contributed by atoms with E-state index in [9.17, 15) is 9.90 Å². The van der Waals surface area contributed by atoms with Gasteiger partial charge >= 0.3 is 5.97 Å². The van der Waals surface area contributed by atoms with Crippen molar-refractivity contribution in [2.24, 2.45) is 0 Å². The van der Waals surface area contributed by atoms with Crippen LogP contribution in [0.5, 0.6) is 11.5 Å². The molecule has 0 atom stereocenters. The molecule has 4 aromatic rings. The molecule has 0 unspecified atom stereocenters. The monoisotopic (exact) mass is 439 g/mol. The topological polar surface area (TPSA) is 68.7 Å². The molecule has 33 heavy (non-hydrogen) atoms. The second kappa shape index (κ2) is 10.5. The number of methoxy groups -OCH3 is 1. The van der Waals surface area contributed by atoms with Crippen LogP contribution in [0.1, 0.15) is 27.2 Å². The third-order valence-electron chi connectivity index (χ3n) is 5.40. The number of aryl methyl sites for hydroxylation is 2. The summed E-state index contributed by atoms with van der Waals surface area (Å²) in [5.41, 5.74) is 4.34. The quantitative estimate of drug-likeness (QED) is 0.356. The number of benzene rings is 3. The van der Waals surface area contributed by atoms with E-state index in [1.165, 1.54) is 0 Å². The van der Waals surface area contributed by atoms with Gasteiger partial charge in [-0.25, -0.2) is 4.79 Å². The summed E-state index contributed by atoms with van der Waals surface area (Å²) in [6.45, 7) is 0.411. The number of hydrogen-bond acceptors (Lipinski definition) is 4. The molecule has 1 N–H and O–H groups in total. The number of aromatic nitrogens is 1. The Bertz CT molecular complexity index is 1220. The summed E-state index contributed by atoms with van der Waals surface area (Å²) >= 11 is 0. The fourth-order valence-corrected chi connectivity index (χ4v) is 3.64. The van der Waals surface area contributed by atoms with E-state index in [4.69, 9.17) is 14.5 Å². The maximum absolute atomic E-state index is 11.8. The van der Waals surface area contributed by atoms with Gasteiger partial charge in [-0.2, -0.15) is 0 Å². The Kier molecular flexibility index (Phi) is 7.00. The van der Waals surface area contributed by atoms with Crippen molar-refractivity contribution in [1.82, 2.24) is 4.98 Å². The number of aromatic carboxylic acids is 1. The van der Waals surface area contributed by atoms with E-state index in [-0.39, 0.29) is 5.56 Å². The first-order valence-corrected chi connectivity index (χ1v) is 10.8. The molecule has 0 saturated carbocycles. The third-order valence-corrected chi connectivity index (χ3v) is 5.40. The van der Waals surface area contributed by atoms with Crippen molar-refractivity contribution < 1.29 is 19.4 Å². The molecule has 3 aromatic carbocycles. The molecule has 1 aromatic heterocycles. The van der Waals surface area contributed by atoms with Crippen LogP contribution in [0.3, 0.4) is 0 Å². The van der Waals surface area contributed by atoms with Crippen molar-refractivity contribution in [3.63, 3.8) is 0 Å². The lowest BCUT2D eigenvalue weighted by molar-refractivity contribution is 0.0695. The van der Waals surface area contributed by atoms with Gasteiger partial charge in [-0.1, -0.05) is 60.7 Å². The smallest absolute Gasteiger partial charge is 0.337 e. The van der Waals surface area contributed by atoms with Crippen LogP contribution < -0.4 is 9.47 Å². The van der Waals surface area contributed by atoms with Crippen LogP contribution >= 0.6 is 0 Å². The number of carbonyl (C=O) groups is 1. The molecule has 1 heterocycles. The van der Waals surface area contributed by atoms with Crippen molar-refractivity contribution in [3.8, 4) is 22.8 Å². The molecule has 0 aliphatic heterocycles. The number of ether oxygens (including phenoxy) is 2. The summed E-state index contributed by atoms with van der Waals surface area (Å²) in [7, 11) is 1.61. The predicted octanol–water partition coefficient (Wildman–Crippen LogP) is 5.82. The minimum Gasteiger partial charge on any atom is -0.497 e. The number of carboxylic acid groups (broad SMARTS) is 1. The van der Waals surface area contributed by atoms with Gasteiger partial charge in [-0.3, -0.25) is 4.98 Å². The largest absolute Gasteiger partial charge is 0.497 e.